The Morgan fingerprint density at radius 2 is 2.06 bits per heavy atom. The van der Waals surface area contributed by atoms with E-state index in [9.17, 15) is 0 Å². The van der Waals surface area contributed by atoms with Gasteiger partial charge >= 0.3 is 0 Å². The second-order valence-corrected chi connectivity index (χ2v) is 6.16. The van der Waals surface area contributed by atoms with E-state index in [0.29, 0.717) is 6.04 Å². The number of aryl methyl sites for hydroxylation is 1. The molecule has 1 fully saturated rings. The fourth-order valence-corrected chi connectivity index (χ4v) is 2.80. The molecule has 1 unspecified atom stereocenters. The van der Waals surface area contributed by atoms with Crippen LogP contribution in [0.2, 0.25) is 0 Å². The first kappa shape index (κ1) is 14.0. The summed E-state index contributed by atoms with van der Waals surface area (Å²) in [5.41, 5.74) is 2.67. The third-order valence-electron chi connectivity index (χ3n) is 3.76. The molecule has 1 aliphatic rings. The van der Waals surface area contributed by atoms with Crippen molar-refractivity contribution in [3.63, 3.8) is 0 Å². The second kappa shape index (κ2) is 6.69. The van der Waals surface area contributed by atoms with Crippen LogP contribution in [0.4, 0.5) is 0 Å². The van der Waals surface area contributed by atoms with Crippen LogP contribution in [0.15, 0.2) is 22.7 Å². The average Bonchev–Trinajstić information content (AvgIpc) is 2.87. The monoisotopic (exact) mass is 310 g/mol. The molecule has 0 bridgehead atoms. The van der Waals surface area contributed by atoms with Gasteiger partial charge in [-0.2, -0.15) is 0 Å². The lowest BCUT2D eigenvalue weighted by Crippen LogP contribution is -2.38. The molecule has 2 rings (SSSR count). The van der Waals surface area contributed by atoms with Crippen molar-refractivity contribution in [3.8, 4) is 0 Å². The van der Waals surface area contributed by atoms with Crippen LogP contribution in [0.25, 0.3) is 0 Å². The van der Waals surface area contributed by atoms with E-state index in [4.69, 9.17) is 0 Å². The van der Waals surface area contributed by atoms with E-state index in [1.807, 2.05) is 0 Å². The second-order valence-electron chi connectivity index (χ2n) is 5.31. The number of nitrogens with zero attached hydrogens (tertiary/aromatic N) is 1. The van der Waals surface area contributed by atoms with E-state index in [-0.39, 0.29) is 0 Å². The predicted octanol–water partition coefficient (Wildman–Crippen LogP) is 3.33. The Morgan fingerprint density at radius 3 is 2.72 bits per heavy atom. The summed E-state index contributed by atoms with van der Waals surface area (Å²) in [7, 11) is 0. The summed E-state index contributed by atoms with van der Waals surface area (Å²) in [4.78, 5) is 2.58. The van der Waals surface area contributed by atoms with Crippen molar-refractivity contribution in [2.24, 2.45) is 0 Å². The minimum Gasteiger partial charge on any atom is -0.311 e. The minimum atomic E-state index is 0.657. The van der Waals surface area contributed by atoms with Crippen molar-refractivity contribution in [1.29, 1.82) is 0 Å². The van der Waals surface area contributed by atoms with Gasteiger partial charge in [-0.05, 0) is 57.0 Å². The van der Waals surface area contributed by atoms with E-state index in [0.717, 1.165) is 13.1 Å². The molecule has 1 aromatic rings. The highest BCUT2D eigenvalue weighted by Gasteiger charge is 2.17. The summed E-state index contributed by atoms with van der Waals surface area (Å²) in [6.07, 6.45) is 2.74. The molecule has 0 aromatic heterocycles. The molecule has 0 amide bonds. The highest BCUT2D eigenvalue weighted by atomic mass is 79.9. The summed E-state index contributed by atoms with van der Waals surface area (Å²) in [5.74, 6) is 0. The van der Waals surface area contributed by atoms with E-state index < -0.39 is 0 Å². The third kappa shape index (κ3) is 3.81. The number of halogens is 1. The van der Waals surface area contributed by atoms with Gasteiger partial charge in [-0.25, -0.2) is 0 Å². The van der Waals surface area contributed by atoms with Crippen molar-refractivity contribution in [2.45, 2.75) is 39.3 Å². The number of hydrogen-bond donors (Lipinski definition) is 1. The van der Waals surface area contributed by atoms with E-state index in [1.165, 1.54) is 41.5 Å². The summed E-state index contributed by atoms with van der Waals surface area (Å²) in [6, 6.07) is 7.22. The molecule has 0 saturated carbocycles. The van der Waals surface area contributed by atoms with Gasteiger partial charge in [-0.3, -0.25) is 4.90 Å². The number of hydrogen-bond acceptors (Lipinski definition) is 2. The summed E-state index contributed by atoms with van der Waals surface area (Å²) < 4.78 is 1.19. The normalized spacial score (nSPS) is 18.2. The van der Waals surface area contributed by atoms with Crippen LogP contribution in [-0.2, 0) is 6.54 Å². The summed E-state index contributed by atoms with van der Waals surface area (Å²) in [6.45, 7) is 9.06. The maximum absolute atomic E-state index is 3.57. The Bertz CT molecular complexity index is 386. The fraction of sp³-hybridized carbons (Fsp3) is 0.600. The Labute approximate surface area is 119 Å². The van der Waals surface area contributed by atoms with Gasteiger partial charge in [0.15, 0.2) is 0 Å². The van der Waals surface area contributed by atoms with Crippen molar-refractivity contribution in [2.75, 3.05) is 19.6 Å². The summed E-state index contributed by atoms with van der Waals surface area (Å²) >= 11 is 3.54. The summed E-state index contributed by atoms with van der Waals surface area (Å²) in [5, 5.41) is 3.57. The lowest BCUT2D eigenvalue weighted by molar-refractivity contribution is 0.251. The quantitative estimate of drug-likeness (QED) is 0.897. The van der Waals surface area contributed by atoms with E-state index >= 15 is 0 Å². The number of nitrogens with one attached hydrogen (secondary N) is 1. The molecule has 0 aliphatic carbocycles. The first-order chi connectivity index (χ1) is 8.66. The molecule has 1 aliphatic heterocycles. The standard InChI is InChI=1S/C15H23BrN2/c1-12-9-14(5-6-15(12)16)11-17-10-13(2)18-7-3-4-8-18/h5-6,9,13,17H,3-4,7-8,10-11H2,1-2H3. The Hall–Kier alpha value is -0.380. The highest BCUT2D eigenvalue weighted by molar-refractivity contribution is 9.10. The van der Waals surface area contributed by atoms with Gasteiger partial charge in [0.25, 0.3) is 0 Å². The number of likely N-dealkylation sites (tertiary alicyclic amines) is 1. The van der Waals surface area contributed by atoms with Crippen molar-refractivity contribution in [1.82, 2.24) is 10.2 Å². The lowest BCUT2D eigenvalue weighted by Gasteiger charge is -2.24. The topological polar surface area (TPSA) is 15.3 Å². The molecule has 2 nitrogen and oxygen atoms in total. The molecule has 1 saturated heterocycles. The zero-order valence-electron chi connectivity index (χ0n) is 11.4. The fourth-order valence-electron chi connectivity index (χ4n) is 2.55. The average molecular weight is 311 g/mol. The molecular formula is C15H23BrN2. The molecule has 18 heavy (non-hydrogen) atoms. The molecule has 1 heterocycles. The first-order valence-corrected chi connectivity index (χ1v) is 7.66. The van der Waals surface area contributed by atoms with E-state index in [1.54, 1.807) is 0 Å². The maximum atomic E-state index is 3.57. The first-order valence-electron chi connectivity index (χ1n) is 6.86. The van der Waals surface area contributed by atoms with Crippen molar-refractivity contribution in [3.05, 3.63) is 33.8 Å². The van der Waals surface area contributed by atoms with Gasteiger partial charge in [-0.1, -0.05) is 28.1 Å². The maximum Gasteiger partial charge on any atom is 0.0206 e. The molecule has 0 spiro atoms. The van der Waals surface area contributed by atoms with Crippen LogP contribution in [0.5, 0.6) is 0 Å². The third-order valence-corrected chi connectivity index (χ3v) is 4.64. The van der Waals surface area contributed by atoms with Crippen molar-refractivity contribution < 1.29 is 0 Å². The molecule has 0 radical (unpaired) electrons. The van der Waals surface area contributed by atoms with Crippen LogP contribution in [0, 0.1) is 6.92 Å². The Balaban J connectivity index is 1.75. The Kier molecular flexibility index (Phi) is 5.22. The lowest BCUT2D eigenvalue weighted by atomic mass is 10.1. The van der Waals surface area contributed by atoms with Crippen molar-refractivity contribution >= 4 is 15.9 Å². The van der Waals surface area contributed by atoms with Gasteiger partial charge in [0.05, 0.1) is 0 Å². The van der Waals surface area contributed by atoms with Crippen LogP contribution in [0.1, 0.15) is 30.9 Å². The highest BCUT2D eigenvalue weighted by Crippen LogP contribution is 2.17. The van der Waals surface area contributed by atoms with Gasteiger partial charge < -0.3 is 5.32 Å². The molecule has 1 atom stereocenters. The van der Waals surface area contributed by atoms with Crippen LogP contribution < -0.4 is 5.32 Å². The van der Waals surface area contributed by atoms with Crippen LogP contribution in [-0.4, -0.2) is 30.6 Å². The molecule has 1 aromatic carbocycles. The number of benzene rings is 1. The SMILES string of the molecule is Cc1cc(CNCC(C)N2CCCC2)ccc1Br. The van der Waals surface area contributed by atoms with Crippen LogP contribution in [0.3, 0.4) is 0 Å². The van der Waals surface area contributed by atoms with Gasteiger partial charge in [0.2, 0.25) is 0 Å². The smallest absolute Gasteiger partial charge is 0.0206 e. The Morgan fingerprint density at radius 1 is 1.33 bits per heavy atom. The van der Waals surface area contributed by atoms with Crippen LogP contribution >= 0.6 is 15.9 Å². The van der Waals surface area contributed by atoms with Gasteiger partial charge in [0, 0.05) is 23.6 Å². The van der Waals surface area contributed by atoms with E-state index in [2.05, 4.69) is 58.2 Å². The molecule has 1 N–H and O–H groups in total. The van der Waals surface area contributed by atoms with Gasteiger partial charge in [0.1, 0.15) is 0 Å². The minimum absolute atomic E-state index is 0.657. The zero-order chi connectivity index (χ0) is 13.0. The predicted molar refractivity (Wildman–Crippen MR) is 80.9 cm³/mol. The number of rotatable bonds is 5. The molecular weight excluding hydrogens is 288 g/mol. The molecule has 3 heteroatoms. The zero-order valence-corrected chi connectivity index (χ0v) is 13.0. The van der Waals surface area contributed by atoms with Gasteiger partial charge in [-0.15, -0.1) is 0 Å². The largest absolute Gasteiger partial charge is 0.311 e. The molecule has 100 valence electrons.